The van der Waals surface area contributed by atoms with Crippen LogP contribution in [0.1, 0.15) is 34.6 Å². The number of nitrogens with one attached hydrogen (secondary N) is 1. The summed E-state index contributed by atoms with van der Waals surface area (Å²) in [5.41, 5.74) is 2.34. The number of carbonyl (C=O) groups excluding carboxylic acids is 2. The SMILES string of the molecule is CN1OC(COCC2CC2)Cn2nc3c(c2C1=O)CN(C(=O)Nc1ccc(F)c(Cl)c1)CC3. The summed E-state index contributed by atoms with van der Waals surface area (Å²) in [6.45, 7) is 2.16. The number of hydroxylamine groups is 2. The zero-order chi connectivity index (χ0) is 23.1. The summed E-state index contributed by atoms with van der Waals surface area (Å²) in [5, 5.41) is 8.55. The average molecular weight is 478 g/mol. The minimum absolute atomic E-state index is 0.0695. The van der Waals surface area contributed by atoms with Crippen LogP contribution in [0.2, 0.25) is 5.02 Å². The van der Waals surface area contributed by atoms with Crippen LogP contribution in [0, 0.1) is 11.7 Å². The van der Waals surface area contributed by atoms with Crippen molar-refractivity contribution in [2.24, 2.45) is 5.92 Å². The van der Waals surface area contributed by atoms with Crippen LogP contribution in [0.5, 0.6) is 0 Å². The highest BCUT2D eigenvalue weighted by molar-refractivity contribution is 6.31. The number of rotatable bonds is 5. The number of hydrogen-bond donors (Lipinski definition) is 1. The lowest BCUT2D eigenvalue weighted by Gasteiger charge is -2.27. The highest BCUT2D eigenvalue weighted by Crippen LogP contribution is 2.30. The normalized spacial score (nSPS) is 20.3. The molecule has 1 unspecified atom stereocenters. The fraction of sp³-hybridized carbons (Fsp3) is 0.500. The maximum absolute atomic E-state index is 13.4. The molecule has 0 spiro atoms. The number of halogens is 2. The van der Waals surface area contributed by atoms with Crippen molar-refractivity contribution >= 4 is 29.2 Å². The Hall–Kier alpha value is -2.69. The van der Waals surface area contributed by atoms with Gasteiger partial charge in [0, 0.05) is 37.9 Å². The first-order valence-electron chi connectivity index (χ1n) is 11.0. The van der Waals surface area contributed by atoms with E-state index < -0.39 is 5.82 Å². The van der Waals surface area contributed by atoms with Crippen molar-refractivity contribution < 1.29 is 23.6 Å². The summed E-state index contributed by atoms with van der Waals surface area (Å²) in [4.78, 5) is 33.3. The Morgan fingerprint density at radius 2 is 2.18 bits per heavy atom. The average Bonchev–Trinajstić information content (AvgIpc) is 3.55. The first-order valence-corrected chi connectivity index (χ1v) is 11.4. The molecule has 3 heterocycles. The van der Waals surface area contributed by atoms with Crippen molar-refractivity contribution in [2.75, 3.05) is 32.1 Å². The molecule has 9 nitrogen and oxygen atoms in total. The summed E-state index contributed by atoms with van der Waals surface area (Å²) in [7, 11) is 1.58. The summed E-state index contributed by atoms with van der Waals surface area (Å²) in [6, 6.07) is 3.64. The maximum atomic E-state index is 13.4. The topological polar surface area (TPSA) is 88.9 Å². The number of amides is 3. The first-order chi connectivity index (χ1) is 15.9. The Kier molecular flexibility index (Phi) is 5.98. The minimum Gasteiger partial charge on any atom is -0.378 e. The van der Waals surface area contributed by atoms with Gasteiger partial charge in [-0.15, -0.1) is 0 Å². The van der Waals surface area contributed by atoms with E-state index in [1.54, 1.807) is 16.6 Å². The Morgan fingerprint density at radius 1 is 1.36 bits per heavy atom. The lowest BCUT2D eigenvalue weighted by atomic mass is 10.1. The van der Waals surface area contributed by atoms with Crippen molar-refractivity contribution in [1.82, 2.24) is 19.7 Å². The molecule has 3 aliphatic rings. The van der Waals surface area contributed by atoms with Crippen LogP contribution in [-0.4, -0.2) is 64.6 Å². The van der Waals surface area contributed by atoms with Crippen molar-refractivity contribution in [3.05, 3.63) is 46.0 Å². The number of urea groups is 1. The molecule has 3 amide bonds. The van der Waals surface area contributed by atoms with Gasteiger partial charge in [0.25, 0.3) is 5.91 Å². The highest BCUT2D eigenvalue weighted by atomic mass is 35.5. The van der Waals surface area contributed by atoms with E-state index in [1.807, 2.05) is 0 Å². The third-order valence-electron chi connectivity index (χ3n) is 6.09. The van der Waals surface area contributed by atoms with Crippen LogP contribution >= 0.6 is 11.6 Å². The minimum atomic E-state index is -0.555. The van der Waals surface area contributed by atoms with Crippen LogP contribution < -0.4 is 5.32 Å². The third kappa shape index (κ3) is 4.68. The van der Waals surface area contributed by atoms with Crippen molar-refractivity contribution in [2.45, 2.75) is 38.5 Å². The molecule has 33 heavy (non-hydrogen) atoms. The van der Waals surface area contributed by atoms with E-state index >= 15 is 0 Å². The van der Waals surface area contributed by atoms with Crippen LogP contribution in [0.4, 0.5) is 14.9 Å². The van der Waals surface area contributed by atoms with E-state index in [9.17, 15) is 14.0 Å². The molecular weight excluding hydrogens is 453 g/mol. The largest absolute Gasteiger partial charge is 0.378 e. The van der Waals surface area contributed by atoms with Crippen molar-refractivity contribution in [3.8, 4) is 0 Å². The summed E-state index contributed by atoms with van der Waals surface area (Å²) in [6.07, 6.45) is 2.60. The van der Waals surface area contributed by atoms with E-state index in [0.717, 1.165) is 5.69 Å². The molecule has 5 rings (SSSR count). The zero-order valence-electron chi connectivity index (χ0n) is 18.2. The number of fused-ring (bicyclic) bond motifs is 3. The molecule has 0 radical (unpaired) electrons. The van der Waals surface area contributed by atoms with E-state index in [4.69, 9.17) is 21.2 Å². The maximum Gasteiger partial charge on any atom is 0.322 e. The lowest BCUT2D eigenvalue weighted by molar-refractivity contribution is -0.166. The highest BCUT2D eigenvalue weighted by Gasteiger charge is 2.35. The van der Waals surface area contributed by atoms with Gasteiger partial charge in [0.2, 0.25) is 0 Å². The van der Waals surface area contributed by atoms with Gasteiger partial charge in [-0.25, -0.2) is 14.2 Å². The van der Waals surface area contributed by atoms with Crippen LogP contribution in [0.3, 0.4) is 0 Å². The van der Waals surface area contributed by atoms with Gasteiger partial charge >= 0.3 is 6.03 Å². The van der Waals surface area contributed by atoms with E-state index in [-0.39, 0.29) is 29.6 Å². The van der Waals surface area contributed by atoms with Crippen molar-refractivity contribution in [1.29, 1.82) is 0 Å². The van der Waals surface area contributed by atoms with Gasteiger partial charge in [0.05, 0.1) is 30.4 Å². The molecule has 1 atom stereocenters. The van der Waals surface area contributed by atoms with Gasteiger partial charge in [-0.2, -0.15) is 5.10 Å². The second kappa shape index (κ2) is 8.92. The molecule has 2 aliphatic heterocycles. The van der Waals surface area contributed by atoms with E-state index in [1.165, 1.54) is 36.1 Å². The number of nitrogens with zero attached hydrogens (tertiary/aromatic N) is 4. The molecule has 0 bridgehead atoms. The number of benzene rings is 1. The van der Waals surface area contributed by atoms with E-state index in [2.05, 4.69) is 10.4 Å². The van der Waals surface area contributed by atoms with E-state index in [0.29, 0.717) is 55.6 Å². The molecule has 11 heteroatoms. The quantitative estimate of drug-likeness (QED) is 0.715. The number of anilines is 1. The number of hydrogen-bond acceptors (Lipinski definition) is 5. The van der Waals surface area contributed by atoms with Gasteiger partial charge in [-0.05, 0) is 37.0 Å². The molecule has 1 aromatic heterocycles. The predicted octanol–water partition coefficient (Wildman–Crippen LogP) is 3.08. The molecule has 176 valence electrons. The molecule has 1 aliphatic carbocycles. The molecule has 1 fully saturated rings. The Labute approximate surface area is 195 Å². The van der Waals surface area contributed by atoms with Gasteiger partial charge in [0.1, 0.15) is 17.6 Å². The number of carbonyl (C=O) groups is 2. The van der Waals surface area contributed by atoms with Gasteiger partial charge < -0.3 is 15.0 Å². The standard InChI is InChI=1S/C22H25ClFN5O4/c1-27-21(30)20-16-10-28(22(31)25-14-4-5-18(24)17(23)8-14)7-6-19(16)26-29(20)9-15(33-27)12-32-11-13-2-3-13/h4-5,8,13,15H,2-3,6-7,9-12H2,1H3,(H,25,31). The molecule has 0 saturated heterocycles. The molecule has 1 aromatic carbocycles. The number of ether oxygens (including phenoxy) is 1. The molecule has 1 N–H and O–H groups in total. The molecule has 1 saturated carbocycles. The Balaban J connectivity index is 1.31. The smallest absolute Gasteiger partial charge is 0.322 e. The van der Waals surface area contributed by atoms with Crippen molar-refractivity contribution in [3.63, 3.8) is 0 Å². The van der Waals surface area contributed by atoms with Crippen LogP contribution in [0.25, 0.3) is 0 Å². The Morgan fingerprint density at radius 3 is 2.94 bits per heavy atom. The fourth-order valence-electron chi connectivity index (χ4n) is 4.13. The molecule has 2 aromatic rings. The Bertz CT molecular complexity index is 1090. The first kappa shape index (κ1) is 22.1. The summed E-state index contributed by atoms with van der Waals surface area (Å²) < 4.78 is 20.9. The second-order valence-corrected chi connectivity index (χ2v) is 9.10. The molecular formula is C22H25ClFN5O4. The van der Waals surface area contributed by atoms with Gasteiger partial charge in [0.15, 0.2) is 0 Å². The zero-order valence-corrected chi connectivity index (χ0v) is 19.0. The van der Waals surface area contributed by atoms with Gasteiger partial charge in [-0.3, -0.25) is 14.3 Å². The third-order valence-corrected chi connectivity index (χ3v) is 6.38. The summed E-state index contributed by atoms with van der Waals surface area (Å²) in [5.74, 6) is -0.215. The van der Waals surface area contributed by atoms with Crippen LogP contribution in [0.15, 0.2) is 18.2 Å². The predicted molar refractivity (Wildman–Crippen MR) is 117 cm³/mol. The fourth-order valence-corrected chi connectivity index (χ4v) is 4.31. The van der Waals surface area contributed by atoms with Gasteiger partial charge in [-0.1, -0.05) is 11.6 Å². The second-order valence-electron chi connectivity index (χ2n) is 8.70. The lowest BCUT2D eigenvalue weighted by Crippen LogP contribution is -2.39. The number of aromatic nitrogens is 2. The summed E-state index contributed by atoms with van der Waals surface area (Å²) >= 11 is 5.81. The van der Waals surface area contributed by atoms with Crippen LogP contribution in [-0.2, 0) is 29.1 Å². The monoisotopic (exact) mass is 477 g/mol.